The molecule has 0 aliphatic carbocycles. The number of imide groups is 1. The van der Waals surface area contributed by atoms with Crippen LogP contribution in [0.3, 0.4) is 0 Å². The zero-order valence-electron chi connectivity index (χ0n) is 18.6. The number of aryl methyl sites for hydroxylation is 1. The summed E-state index contributed by atoms with van der Waals surface area (Å²) in [6.07, 6.45) is 2.44. The summed E-state index contributed by atoms with van der Waals surface area (Å²) in [5.41, 5.74) is 1.42. The molecule has 2 aliphatic heterocycles. The van der Waals surface area contributed by atoms with Crippen molar-refractivity contribution in [3.05, 3.63) is 58.7 Å². The number of hydrogen-bond donors (Lipinski definition) is 1. The van der Waals surface area contributed by atoms with Crippen molar-refractivity contribution in [3.63, 3.8) is 0 Å². The second-order valence-corrected chi connectivity index (χ2v) is 8.54. The molecular weight excluding hydrogens is 413 g/mol. The van der Waals surface area contributed by atoms with Crippen molar-refractivity contribution in [3.8, 4) is 0 Å². The summed E-state index contributed by atoms with van der Waals surface area (Å²) in [6.45, 7) is 6.66. The fraction of sp³-hybridized carbons (Fsp3) is 0.458. The fourth-order valence-electron chi connectivity index (χ4n) is 4.73. The summed E-state index contributed by atoms with van der Waals surface area (Å²) < 4.78 is 21.2. The van der Waals surface area contributed by atoms with Gasteiger partial charge in [-0.25, -0.2) is 9.18 Å². The van der Waals surface area contributed by atoms with Gasteiger partial charge in [0.2, 0.25) is 0 Å². The highest BCUT2D eigenvalue weighted by Gasteiger charge is 2.51. The Labute approximate surface area is 186 Å². The molecule has 2 aliphatic rings. The van der Waals surface area contributed by atoms with Gasteiger partial charge < -0.3 is 14.6 Å². The molecule has 170 valence electrons. The van der Waals surface area contributed by atoms with E-state index in [0.717, 1.165) is 35.7 Å². The first-order valence-corrected chi connectivity index (χ1v) is 11.0. The van der Waals surface area contributed by atoms with E-state index in [1.807, 2.05) is 13.8 Å². The zero-order valence-corrected chi connectivity index (χ0v) is 18.6. The number of ether oxygens (including phenoxy) is 1. The van der Waals surface area contributed by atoms with Crippen molar-refractivity contribution in [2.75, 3.05) is 13.2 Å². The van der Waals surface area contributed by atoms with E-state index in [4.69, 9.17) is 4.74 Å². The van der Waals surface area contributed by atoms with Crippen LogP contribution in [0.1, 0.15) is 53.5 Å². The minimum Gasteiger partial charge on any atom is -0.376 e. The summed E-state index contributed by atoms with van der Waals surface area (Å²) >= 11 is 0. The largest absolute Gasteiger partial charge is 0.376 e. The maximum absolute atomic E-state index is 13.4. The first-order chi connectivity index (χ1) is 15.3. The van der Waals surface area contributed by atoms with Crippen LogP contribution in [-0.4, -0.2) is 46.4 Å². The van der Waals surface area contributed by atoms with Gasteiger partial charge in [-0.3, -0.25) is 14.5 Å². The van der Waals surface area contributed by atoms with E-state index in [-0.39, 0.29) is 24.9 Å². The van der Waals surface area contributed by atoms with Gasteiger partial charge in [-0.2, -0.15) is 0 Å². The van der Waals surface area contributed by atoms with Crippen molar-refractivity contribution in [2.24, 2.45) is 0 Å². The molecule has 7 nitrogen and oxygen atoms in total. The Morgan fingerprint density at radius 1 is 1.25 bits per heavy atom. The zero-order chi connectivity index (χ0) is 23.0. The monoisotopic (exact) mass is 441 g/mol. The number of carbonyl (C=O) groups is 3. The molecule has 1 aromatic carbocycles. The Balaban J connectivity index is 1.55. The SMILES string of the molecule is CCC1(c2ccc(F)cc2)NC(=O)N(CC(=O)c2cc(C)n(CC3CCCO3)c2C)C1=O. The Bertz CT molecular complexity index is 1060. The van der Waals surface area contributed by atoms with Crippen molar-refractivity contribution in [2.45, 2.75) is 58.2 Å². The quantitative estimate of drug-likeness (QED) is 0.527. The van der Waals surface area contributed by atoms with Gasteiger partial charge >= 0.3 is 6.03 Å². The number of hydrogen-bond acceptors (Lipinski definition) is 4. The van der Waals surface area contributed by atoms with Crippen LogP contribution in [0.2, 0.25) is 0 Å². The fourth-order valence-corrected chi connectivity index (χ4v) is 4.73. The number of benzene rings is 1. The van der Waals surface area contributed by atoms with Crippen molar-refractivity contribution >= 4 is 17.7 Å². The van der Waals surface area contributed by atoms with E-state index in [9.17, 15) is 18.8 Å². The van der Waals surface area contributed by atoms with E-state index in [2.05, 4.69) is 9.88 Å². The number of nitrogens with one attached hydrogen (secondary N) is 1. The summed E-state index contributed by atoms with van der Waals surface area (Å²) in [5.74, 6) is -1.23. The topological polar surface area (TPSA) is 80.6 Å². The lowest BCUT2D eigenvalue weighted by Gasteiger charge is -2.25. The third kappa shape index (κ3) is 3.72. The lowest BCUT2D eigenvalue weighted by atomic mass is 9.87. The average Bonchev–Trinajstić information content (AvgIpc) is 3.45. The van der Waals surface area contributed by atoms with Gasteiger partial charge in [0.05, 0.1) is 12.6 Å². The summed E-state index contributed by atoms with van der Waals surface area (Å²) in [6, 6.07) is 6.66. The molecule has 2 fully saturated rings. The Kier molecular flexibility index (Phi) is 5.90. The summed E-state index contributed by atoms with van der Waals surface area (Å²) in [5, 5.41) is 2.73. The number of nitrogens with zero attached hydrogens (tertiary/aromatic N) is 2. The smallest absolute Gasteiger partial charge is 0.325 e. The standard InChI is InChI=1S/C24H28FN3O4/c1-4-24(17-7-9-18(25)10-8-17)22(30)28(23(31)26-24)14-21(29)20-12-15(2)27(16(20)3)13-19-6-5-11-32-19/h7-10,12,19H,4-6,11,13-14H2,1-3H3,(H,26,31). The Morgan fingerprint density at radius 3 is 2.59 bits per heavy atom. The number of ketones is 1. The van der Waals surface area contributed by atoms with Gasteiger partial charge in [0.15, 0.2) is 5.78 Å². The molecule has 2 atom stereocenters. The van der Waals surface area contributed by atoms with E-state index in [1.54, 1.807) is 13.0 Å². The number of halogens is 1. The molecule has 32 heavy (non-hydrogen) atoms. The molecule has 0 bridgehead atoms. The minimum atomic E-state index is -1.30. The highest BCUT2D eigenvalue weighted by Crippen LogP contribution is 2.33. The maximum Gasteiger partial charge on any atom is 0.325 e. The Morgan fingerprint density at radius 2 is 1.97 bits per heavy atom. The van der Waals surface area contributed by atoms with Crippen LogP contribution >= 0.6 is 0 Å². The third-order valence-electron chi connectivity index (χ3n) is 6.63. The normalized spacial score (nSPS) is 23.1. The summed E-state index contributed by atoms with van der Waals surface area (Å²) in [7, 11) is 0. The van der Waals surface area contributed by atoms with Crippen LogP contribution in [0.25, 0.3) is 0 Å². The van der Waals surface area contributed by atoms with Crippen LogP contribution in [0.15, 0.2) is 30.3 Å². The number of urea groups is 1. The highest BCUT2D eigenvalue weighted by atomic mass is 19.1. The van der Waals surface area contributed by atoms with Crippen molar-refractivity contribution < 1.29 is 23.5 Å². The average molecular weight is 442 g/mol. The molecule has 2 aromatic rings. The lowest BCUT2D eigenvalue weighted by molar-refractivity contribution is -0.131. The number of amides is 3. The molecule has 2 saturated heterocycles. The molecule has 1 aromatic heterocycles. The van der Waals surface area contributed by atoms with Crippen LogP contribution in [0.5, 0.6) is 0 Å². The predicted octanol–water partition coefficient (Wildman–Crippen LogP) is 3.46. The molecule has 0 saturated carbocycles. The first kappa shape index (κ1) is 22.2. The van der Waals surface area contributed by atoms with Gasteiger partial charge in [0, 0.05) is 30.1 Å². The molecule has 2 unspecified atom stereocenters. The second-order valence-electron chi connectivity index (χ2n) is 8.54. The first-order valence-electron chi connectivity index (χ1n) is 11.0. The van der Waals surface area contributed by atoms with E-state index in [0.29, 0.717) is 17.7 Å². The van der Waals surface area contributed by atoms with Crippen molar-refractivity contribution in [1.82, 2.24) is 14.8 Å². The van der Waals surface area contributed by atoms with Gasteiger partial charge in [-0.15, -0.1) is 0 Å². The van der Waals surface area contributed by atoms with Crippen LogP contribution in [0.4, 0.5) is 9.18 Å². The molecule has 0 spiro atoms. The number of carbonyl (C=O) groups excluding carboxylic acids is 3. The molecule has 8 heteroatoms. The van der Waals surface area contributed by atoms with E-state index < -0.39 is 23.3 Å². The maximum atomic E-state index is 13.4. The minimum absolute atomic E-state index is 0.134. The van der Waals surface area contributed by atoms with Crippen molar-refractivity contribution in [1.29, 1.82) is 0 Å². The van der Waals surface area contributed by atoms with E-state index in [1.165, 1.54) is 24.3 Å². The van der Waals surface area contributed by atoms with Gasteiger partial charge in [-0.05, 0) is 56.9 Å². The lowest BCUT2D eigenvalue weighted by Crippen LogP contribution is -2.43. The molecule has 3 heterocycles. The molecular formula is C24H28FN3O4. The van der Waals surface area contributed by atoms with Crippen LogP contribution < -0.4 is 5.32 Å². The summed E-state index contributed by atoms with van der Waals surface area (Å²) in [4.78, 5) is 40.1. The molecule has 3 amide bonds. The molecule has 1 N–H and O–H groups in total. The van der Waals surface area contributed by atoms with E-state index >= 15 is 0 Å². The molecule has 4 rings (SSSR count). The molecule has 0 radical (unpaired) electrons. The number of Topliss-reactive ketones (excluding diaryl/α,β-unsaturated/α-hetero) is 1. The van der Waals surface area contributed by atoms with Crippen LogP contribution in [-0.2, 0) is 21.6 Å². The van der Waals surface area contributed by atoms with Gasteiger partial charge in [0.25, 0.3) is 5.91 Å². The van der Waals surface area contributed by atoms with Gasteiger partial charge in [0.1, 0.15) is 11.4 Å². The highest BCUT2D eigenvalue weighted by molar-refractivity contribution is 6.11. The Hall–Kier alpha value is -3.00. The predicted molar refractivity (Wildman–Crippen MR) is 116 cm³/mol. The van der Waals surface area contributed by atoms with Gasteiger partial charge in [-0.1, -0.05) is 19.1 Å². The second kappa shape index (κ2) is 8.50. The van der Waals surface area contributed by atoms with Crippen LogP contribution in [0, 0.1) is 19.7 Å². The number of aromatic nitrogens is 1. The number of rotatable bonds is 7. The third-order valence-corrected chi connectivity index (χ3v) is 6.63.